The van der Waals surface area contributed by atoms with Crippen molar-refractivity contribution in [3.05, 3.63) is 57.0 Å². The van der Waals surface area contributed by atoms with Crippen LogP contribution in [0.25, 0.3) is 0 Å². The molecule has 2 atom stereocenters. The summed E-state index contributed by atoms with van der Waals surface area (Å²) < 4.78 is 13.6. The number of hydrogen-bond acceptors (Lipinski definition) is 2. The molecule has 3 rings (SSSR count). The van der Waals surface area contributed by atoms with Gasteiger partial charge in [0.2, 0.25) is 0 Å². The van der Waals surface area contributed by atoms with Gasteiger partial charge in [-0.1, -0.05) is 12.1 Å². The lowest BCUT2D eigenvalue weighted by Crippen LogP contribution is -2.15. The molecule has 3 heteroatoms. The van der Waals surface area contributed by atoms with Gasteiger partial charge in [-0.2, -0.15) is 0 Å². The van der Waals surface area contributed by atoms with Crippen molar-refractivity contribution in [2.24, 2.45) is 0 Å². The van der Waals surface area contributed by atoms with Crippen LogP contribution in [0.5, 0.6) is 0 Å². The van der Waals surface area contributed by atoms with Crippen molar-refractivity contribution in [1.82, 2.24) is 0 Å². The van der Waals surface area contributed by atoms with E-state index in [2.05, 4.69) is 11.4 Å². The summed E-state index contributed by atoms with van der Waals surface area (Å²) in [5, 5.41) is 12.7. The van der Waals surface area contributed by atoms with Crippen LogP contribution in [0.15, 0.2) is 29.6 Å². The zero-order chi connectivity index (χ0) is 13.4. The fourth-order valence-electron chi connectivity index (χ4n) is 2.88. The predicted octanol–water partition coefficient (Wildman–Crippen LogP) is 4.35. The first-order valence-corrected chi connectivity index (χ1v) is 7.55. The molecule has 0 radical (unpaired) electrons. The Balaban J connectivity index is 1.93. The molecule has 1 aliphatic carbocycles. The zero-order valence-corrected chi connectivity index (χ0v) is 11.7. The van der Waals surface area contributed by atoms with Gasteiger partial charge in [0.1, 0.15) is 5.82 Å². The standard InChI is InChI=1S/C16H17FOS/c1-10-5-6-11(9-14(10)17)16(18)13-3-2-4-15-12(13)7-8-19-15/h5-9,13,16,18H,2-4H2,1H3. The molecule has 19 heavy (non-hydrogen) atoms. The van der Waals surface area contributed by atoms with Crippen LogP contribution in [0.3, 0.4) is 0 Å². The van der Waals surface area contributed by atoms with E-state index in [9.17, 15) is 9.50 Å². The molecule has 1 aromatic heterocycles. The van der Waals surface area contributed by atoms with E-state index in [1.54, 1.807) is 24.3 Å². The number of benzene rings is 1. The second-order valence-corrected chi connectivity index (χ2v) is 6.25. The molecule has 0 aliphatic heterocycles. The van der Waals surface area contributed by atoms with Crippen molar-refractivity contribution in [3.63, 3.8) is 0 Å². The van der Waals surface area contributed by atoms with E-state index in [1.165, 1.54) is 16.5 Å². The Kier molecular flexibility index (Phi) is 3.42. The van der Waals surface area contributed by atoms with Crippen molar-refractivity contribution in [1.29, 1.82) is 0 Å². The largest absolute Gasteiger partial charge is 0.388 e. The molecule has 1 N–H and O–H groups in total. The summed E-state index contributed by atoms with van der Waals surface area (Å²) in [6, 6.07) is 7.16. The number of aliphatic hydroxyl groups is 1. The zero-order valence-electron chi connectivity index (χ0n) is 10.9. The normalized spacial score (nSPS) is 20.1. The van der Waals surface area contributed by atoms with Crippen molar-refractivity contribution in [2.45, 2.75) is 38.2 Å². The Morgan fingerprint density at radius 3 is 3.00 bits per heavy atom. The van der Waals surface area contributed by atoms with Crippen LogP contribution in [0.4, 0.5) is 4.39 Å². The molecule has 100 valence electrons. The Bertz CT molecular complexity index is 590. The van der Waals surface area contributed by atoms with Gasteiger partial charge in [0.25, 0.3) is 0 Å². The van der Waals surface area contributed by atoms with E-state index in [-0.39, 0.29) is 11.7 Å². The maximum Gasteiger partial charge on any atom is 0.126 e. The van der Waals surface area contributed by atoms with Gasteiger partial charge in [0, 0.05) is 10.8 Å². The highest BCUT2D eigenvalue weighted by Crippen LogP contribution is 2.42. The number of halogens is 1. The number of aliphatic hydroxyl groups excluding tert-OH is 1. The topological polar surface area (TPSA) is 20.2 Å². The first-order valence-electron chi connectivity index (χ1n) is 6.67. The van der Waals surface area contributed by atoms with Crippen LogP contribution >= 0.6 is 11.3 Å². The van der Waals surface area contributed by atoms with Crippen molar-refractivity contribution in [2.75, 3.05) is 0 Å². The quantitative estimate of drug-likeness (QED) is 0.864. The molecule has 1 heterocycles. The second kappa shape index (κ2) is 5.06. The number of hydrogen-bond donors (Lipinski definition) is 1. The molecule has 0 spiro atoms. The summed E-state index contributed by atoms with van der Waals surface area (Å²) in [7, 11) is 0. The highest BCUT2D eigenvalue weighted by atomic mass is 32.1. The summed E-state index contributed by atoms with van der Waals surface area (Å²) in [5.74, 6) is -0.130. The molecule has 0 amide bonds. The first-order chi connectivity index (χ1) is 9.16. The van der Waals surface area contributed by atoms with Gasteiger partial charge >= 0.3 is 0 Å². The van der Waals surface area contributed by atoms with Crippen LogP contribution in [-0.4, -0.2) is 5.11 Å². The van der Waals surface area contributed by atoms with Crippen LogP contribution in [-0.2, 0) is 6.42 Å². The minimum Gasteiger partial charge on any atom is -0.388 e. The summed E-state index contributed by atoms with van der Waals surface area (Å²) in [4.78, 5) is 1.38. The fourth-order valence-corrected chi connectivity index (χ4v) is 3.87. The molecule has 0 fully saturated rings. The minimum atomic E-state index is -0.608. The molecular weight excluding hydrogens is 259 g/mol. The fraction of sp³-hybridized carbons (Fsp3) is 0.375. The van der Waals surface area contributed by atoms with Crippen LogP contribution in [0.1, 0.15) is 46.4 Å². The second-order valence-electron chi connectivity index (χ2n) is 5.25. The molecular formula is C16H17FOS. The Labute approximate surface area is 116 Å². The van der Waals surface area contributed by atoms with E-state index in [0.29, 0.717) is 11.1 Å². The van der Waals surface area contributed by atoms with Gasteiger partial charge in [-0.05, 0) is 60.4 Å². The van der Waals surface area contributed by atoms with Gasteiger partial charge < -0.3 is 5.11 Å². The van der Waals surface area contributed by atoms with Crippen LogP contribution < -0.4 is 0 Å². The predicted molar refractivity (Wildman–Crippen MR) is 76.1 cm³/mol. The summed E-state index contributed by atoms with van der Waals surface area (Å²) in [6.45, 7) is 1.74. The third kappa shape index (κ3) is 2.33. The lowest BCUT2D eigenvalue weighted by Gasteiger charge is -2.27. The molecule has 1 aliphatic rings. The van der Waals surface area contributed by atoms with Gasteiger partial charge in [0.15, 0.2) is 0 Å². The first kappa shape index (κ1) is 12.8. The lowest BCUT2D eigenvalue weighted by molar-refractivity contribution is 0.136. The SMILES string of the molecule is Cc1ccc(C(O)C2CCCc3sccc32)cc1F. The van der Waals surface area contributed by atoms with E-state index in [0.717, 1.165) is 19.3 Å². The van der Waals surface area contributed by atoms with E-state index in [4.69, 9.17) is 0 Å². The van der Waals surface area contributed by atoms with Crippen molar-refractivity contribution >= 4 is 11.3 Å². The molecule has 0 saturated heterocycles. The van der Waals surface area contributed by atoms with Crippen LogP contribution in [0, 0.1) is 12.7 Å². The number of thiophene rings is 1. The molecule has 0 saturated carbocycles. The van der Waals surface area contributed by atoms with E-state index < -0.39 is 6.10 Å². The maximum atomic E-state index is 13.6. The van der Waals surface area contributed by atoms with Gasteiger partial charge in [-0.15, -0.1) is 11.3 Å². The monoisotopic (exact) mass is 276 g/mol. The summed E-state index contributed by atoms with van der Waals surface area (Å²) in [5.41, 5.74) is 2.56. The van der Waals surface area contributed by atoms with E-state index in [1.807, 2.05) is 6.07 Å². The number of fused-ring (bicyclic) bond motifs is 1. The maximum absolute atomic E-state index is 13.6. The Morgan fingerprint density at radius 1 is 1.37 bits per heavy atom. The molecule has 2 aromatic rings. The third-order valence-electron chi connectivity index (χ3n) is 4.02. The molecule has 0 bridgehead atoms. The minimum absolute atomic E-state index is 0.108. The highest BCUT2D eigenvalue weighted by Gasteiger charge is 2.28. The lowest BCUT2D eigenvalue weighted by atomic mass is 9.81. The van der Waals surface area contributed by atoms with E-state index >= 15 is 0 Å². The summed E-state index contributed by atoms with van der Waals surface area (Å²) >= 11 is 1.76. The Hall–Kier alpha value is -1.19. The van der Waals surface area contributed by atoms with Gasteiger partial charge in [0.05, 0.1) is 6.10 Å². The highest BCUT2D eigenvalue weighted by molar-refractivity contribution is 7.10. The third-order valence-corrected chi connectivity index (χ3v) is 5.01. The number of rotatable bonds is 2. The van der Waals surface area contributed by atoms with Gasteiger partial charge in [-0.3, -0.25) is 0 Å². The van der Waals surface area contributed by atoms with Crippen molar-refractivity contribution in [3.8, 4) is 0 Å². The average molecular weight is 276 g/mol. The van der Waals surface area contributed by atoms with Crippen molar-refractivity contribution < 1.29 is 9.50 Å². The molecule has 1 aromatic carbocycles. The summed E-state index contributed by atoms with van der Waals surface area (Å²) in [6.07, 6.45) is 2.58. The molecule has 1 nitrogen and oxygen atoms in total. The smallest absolute Gasteiger partial charge is 0.126 e. The number of aryl methyl sites for hydroxylation is 2. The molecule has 2 unspecified atom stereocenters. The Morgan fingerprint density at radius 2 is 2.21 bits per heavy atom. The average Bonchev–Trinajstić information content (AvgIpc) is 2.89. The van der Waals surface area contributed by atoms with Gasteiger partial charge in [-0.25, -0.2) is 4.39 Å². The van der Waals surface area contributed by atoms with Crippen LogP contribution in [0.2, 0.25) is 0 Å².